The lowest BCUT2D eigenvalue weighted by Crippen LogP contribution is -2.43. The second kappa shape index (κ2) is 9.82. The number of anilines is 1. The van der Waals surface area contributed by atoms with E-state index in [0.29, 0.717) is 28.5 Å². The van der Waals surface area contributed by atoms with Crippen molar-refractivity contribution < 1.29 is 23.9 Å². The molecule has 1 saturated heterocycles. The molecular formula is C24H27N3O5S. The number of ether oxygens (including phenoxy) is 1. The minimum atomic E-state index is -0.486. The van der Waals surface area contributed by atoms with Crippen molar-refractivity contribution >= 4 is 40.2 Å². The van der Waals surface area contributed by atoms with E-state index in [1.165, 1.54) is 4.90 Å². The van der Waals surface area contributed by atoms with Gasteiger partial charge in [-0.15, -0.1) is 0 Å². The van der Waals surface area contributed by atoms with Crippen molar-refractivity contribution in [1.29, 1.82) is 0 Å². The number of hydrogen-bond donors (Lipinski definition) is 0. The molecule has 0 bridgehead atoms. The van der Waals surface area contributed by atoms with Gasteiger partial charge in [0.1, 0.15) is 11.4 Å². The minimum absolute atomic E-state index is 0.206. The number of aryl methyl sites for hydroxylation is 1. The number of carbonyl (C=O) groups excluding carboxylic acids is 4. The molecule has 33 heavy (non-hydrogen) atoms. The van der Waals surface area contributed by atoms with Crippen LogP contribution >= 0.6 is 11.3 Å². The number of esters is 1. The fraction of sp³-hybridized carbons (Fsp3) is 0.458. The van der Waals surface area contributed by atoms with E-state index in [1.54, 1.807) is 13.8 Å². The molecule has 2 unspecified atom stereocenters. The van der Waals surface area contributed by atoms with Crippen LogP contribution in [0.25, 0.3) is 0 Å². The predicted octanol–water partition coefficient (Wildman–Crippen LogP) is 3.34. The summed E-state index contributed by atoms with van der Waals surface area (Å²) in [5, 5.41) is 0.334. The first kappa shape index (κ1) is 23.1. The molecule has 1 aliphatic heterocycles. The molecule has 0 radical (unpaired) electrons. The topological polar surface area (TPSA) is 96.9 Å². The van der Waals surface area contributed by atoms with Gasteiger partial charge in [0.05, 0.1) is 30.7 Å². The highest BCUT2D eigenvalue weighted by molar-refractivity contribution is 7.17. The van der Waals surface area contributed by atoms with Crippen LogP contribution in [0.4, 0.5) is 5.13 Å². The van der Waals surface area contributed by atoms with E-state index in [4.69, 9.17) is 4.74 Å². The zero-order valence-electron chi connectivity index (χ0n) is 18.8. The first-order valence-electron chi connectivity index (χ1n) is 11.2. The Labute approximate surface area is 196 Å². The Morgan fingerprint density at radius 2 is 1.76 bits per heavy atom. The molecule has 1 aliphatic carbocycles. The summed E-state index contributed by atoms with van der Waals surface area (Å²) in [4.78, 5) is 58.8. The molecule has 9 heteroatoms. The van der Waals surface area contributed by atoms with Crippen LogP contribution in [0.15, 0.2) is 30.3 Å². The number of amides is 3. The van der Waals surface area contributed by atoms with E-state index in [9.17, 15) is 19.2 Å². The maximum atomic E-state index is 13.4. The third kappa shape index (κ3) is 4.68. The molecule has 1 saturated carbocycles. The van der Waals surface area contributed by atoms with Gasteiger partial charge in [0.15, 0.2) is 5.13 Å². The number of nitrogens with zero attached hydrogens (tertiary/aromatic N) is 3. The first-order chi connectivity index (χ1) is 15.9. The lowest BCUT2D eigenvalue weighted by Gasteiger charge is -2.23. The minimum Gasteiger partial charge on any atom is -0.462 e. The van der Waals surface area contributed by atoms with Gasteiger partial charge in [-0.25, -0.2) is 9.78 Å². The molecule has 2 heterocycles. The van der Waals surface area contributed by atoms with Crippen LogP contribution in [0.2, 0.25) is 0 Å². The molecule has 3 amide bonds. The second-order valence-electron chi connectivity index (χ2n) is 8.36. The van der Waals surface area contributed by atoms with Gasteiger partial charge in [-0.05, 0) is 32.3 Å². The molecule has 4 rings (SSSR count). The number of benzene rings is 1. The Morgan fingerprint density at radius 3 is 2.36 bits per heavy atom. The van der Waals surface area contributed by atoms with E-state index >= 15 is 0 Å². The molecule has 174 valence electrons. The highest BCUT2D eigenvalue weighted by Gasteiger charge is 2.48. The van der Waals surface area contributed by atoms with Gasteiger partial charge in [-0.1, -0.05) is 54.5 Å². The van der Waals surface area contributed by atoms with Gasteiger partial charge in [0.25, 0.3) is 0 Å². The van der Waals surface area contributed by atoms with Crippen molar-refractivity contribution in [2.45, 2.75) is 46.1 Å². The third-order valence-electron chi connectivity index (χ3n) is 6.19. The van der Waals surface area contributed by atoms with Crippen molar-refractivity contribution in [3.05, 3.63) is 46.5 Å². The van der Waals surface area contributed by atoms with E-state index in [1.807, 2.05) is 30.3 Å². The SMILES string of the molecule is CCOC(=O)c1sc(N(Cc2ccccc2)C(=O)CN2C(=O)C3CCCCC3C2=O)nc1C. The van der Waals surface area contributed by atoms with Crippen LogP contribution < -0.4 is 4.90 Å². The lowest BCUT2D eigenvalue weighted by atomic mass is 9.81. The van der Waals surface area contributed by atoms with Crippen LogP contribution in [-0.2, 0) is 25.7 Å². The van der Waals surface area contributed by atoms with Crippen molar-refractivity contribution in [2.75, 3.05) is 18.1 Å². The zero-order chi connectivity index (χ0) is 23.5. The fourth-order valence-electron chi connectivity index (χ4n) is 4.52. The molecule has 8 nitrogen and oxygen atoms in total. The number of rotatable bonds is 7. The van der Waals surface area contributed by atoms with Crippen molar-refractivity contribution in [3.63, 3.8) is 0 Å². The summed E-state index contributed by atoms with van der Waals surface area (Å²) >= 11 is 1.07. The summed E-state index contributed by atoms with van der Waals surface area (Å²) in [6.45, 7) is 3.53. The number of imide groups is 1. The Morgan fingerprint density at radius 1 is 1.12 bits per heavy atom. The first-order valence-corrected chi connectivity index (χ1v) is 12.1. The normalized spacial score (nSPS) is 20.0. The smallest absolute Gasteiger partial charge is 0.350 e. The van der Waals surface area contributed by atoms with Crippen LogP contribution in [-0.4, -0.2) is 46.7 Å². The Bertz CT molecular complexity index is 1040. The average Bonchev–Trinajstić information content (AvgIpc) is 3.32. The Balaban J connectivity index is 1.60. The summed E-state index contributed by atoms with van der Waals surface area (Å²) < 4.78 is 5.10. The second-order valence-corrected chi connectivity index (χ2v) is 9.33. The molecule has 2 fully saturated rings. The number of hydrogen-bond acceptors (Lipinski definition) is 7. The monoisotopic (exact) mass is 469 g/mol. The maximum Gasteiger partial charge on any atom is 0.350 e. The van der Waals surface area contributed by atoms with Crippen LogP contribution in [0.1, 0.15) is 53.5 Å². The molecule has 1 aromatic carbocycles. The van der Waals surface area contributed by atoms with Gasteiger partial charge in [0.2, 0.25) is 17.7 Å². The standard InChI is InChI=1S/C24H27N3O5S/c1-3-32-23(31)20-15(2)25-24(33-20)26(13-16-9-5-4-6-10-16)19(28)14-27-21(29)17-11-7-8-12-18(17)22(27)30/h4-6,9-10,17-18H,3,7-8,11-14H2,1-2H3. The van der Waals surface area contributed by atoms with Crippen LogP contribution in [0, 0.1) is 18.8 Å². The highest BCUT2D eigenvalue weighted by atomic mass is 32.1. The summed E-state index contributed by atoms with van der Waals surface area (Å²) in [5.41, 5.74) is 1.34. The van der Waals surface area contributed by atoms with E-state index in [0.717, 1.165) is 34.6 Å². The van der Waals surface area contributed by atoms with E-state index < -0.39 is 11.9 Å². The fourth-order valence-corrected chi connectivity index (χ4v) is 5.50. The molecule has 0 spiro atoms. The van der Waals surface area contributed by atoms with Crippen molar-refractivity contribution in [2.24, 2.45) is 11.8 Å². The van der Waals surface area contributed by atoms with Crippen molar-refractivity contribution in [3.8, 4) is 0 Å². The van der Waals surface area contributed by atoms with Gasteiger partial charge < -0.3 is 4.74 Å². The predicted molar refractivity (Wildman–Crippen MR) is 123 cm³/mol. The number of likely N-dealkylation sites (tertiary alicyclic amines) is 1. The number of thiazole rings is 1. The molecule has 0 N–H and O–H groups in total. The zero-order valence-corrected chi connectivity index (χ0v) is 19.6. The maximum absolute atomic E-state index is 13.4. The molecular weight excluding hydrogens is 442 g/mol. The van der Waals surface area contributed by atoms with E-state index in [-0.39, 0.29) is 43.3 Å². The lowest BCUT2D eigenvalue weighted by molar-refractivity contribution is -0.143. The van der Waals surface area contributed by atoms with Crippen molar-refractivity contribution in [1.82, 2.24) is 9.88 Å². The molecule has 1 aromatic heterocycles. The summed E-state index contributed by atoms with van der Waals surface area (Å²) in [7, 11) is 0. The average molecular weight is 470 g/mol. The van der Waals surface area contributed by atoms with Crippen LogP contribution in [0.5, 0.6) is 0 Å². The number of fused-ring (bicyclic) bond motifs is 1. The summed E-state index contributed by atoms with van der Waals surface area (Å²) in [5.74, 6) is -2.01. The molecule has 2 atom stereocenters. The van der Waals surface area contributed by atoms with Crippen LogP contribution in [0.3, 0.4) is 0 Å². The third-order valence-corrected chi connectivity index (χ3v) is 7.35. The summed E-state index contributed by atoms with van der Waals surface area (Å²) in [6, 6.07) is 9.38. The summed E-state index contributed by atoms with van der Waals surface area (Å²) in [6.07, 6.45) is 3.25. The van der Waals surface area contributed by atoms with E-state index in [2.05, 4.69) is 4.98 Å². The number of carbonyl (C=O) groups is 4. The van der Waals surface area contributed by atoms with Gasteiger partial charge >= 0.3 is 5.97 Å². The Hall–Kier alpha value is -3.07. The highest BCUT2D eigenvalue weighted by Crippen LogP contribution is 2.38. The molecule has 2 aliphatic rings. The quantitative estimate of drug-likeness (QED) is 0.456. The largest absolute Gasteiger partial charge is 0.462 e. The van der Waals surface area contributed by atoms with Gasteiger partial charge in [-0.2, -0.15) is 0 Å². The molecule has 2 aromatic rings. The Kier molecular flexibility index (Phi) is 6.88. The van der Waals surface area contributed by atoms with Gasteiger partial charge in [0, 0.05) is 0 Å². The van der Waals surface area contributed by atoms with Gasteiger partial charge in [-0.3, -0.25) is 24.2 Å². The number of aromatic nitrogens is 1.